The maximum Gasteiger partial charge on any atom is 0.136 e. The highest BCUT2D eigenvalue weighted by Crippen LogP contribution is 2.25. The van der Waals surface area contributed by atoms with Crippen LogP contribution >= 0.6 is 0 Å². The fraction of sp³-hybridized carbons (Fsp3) is 0.438. The van der Waals surface area contributed by atoms with Gasteiger partial charge in [-0.05, 0) is 31.8 Å². The number of pyridine rings is 1. The maximum absolute atomic E-state index is 4.84. The van der Waals surface area contributed by atoms with Crippen LogP contribution in [-0.2, 0) is 6.54 Å². The SMILES string of the molecule is CCNCc1cc2ccccc2c(N(CC)CC)n1. The van der Waals surface area contributed by atoms with Crippen molar-refractivity contribution in [3.8, 4) is 0 Å². The molecule has 1 aromatic carbocycles. The average Bonchev–Trinajstić information content (AvgIpc) is 2.46. The first-order valence-electron chi connectivity index (χ1n) is 7.14. The highest BCUT2D eigenvalue weighted by atomic mass is 15.2. The Morgan fingerprint density at radius 3 is 2.53 bits per heavy atom. The molecule has 1 heterocycles. The van der Waals surface area contributed by atoms with Crippen molar-refractivity contribution in [3.63, 3.8) is 0 Å². The number of benzene rings is 1. The Kier molecular flexibility index (Phi) is 4.74. The van der Waals surface area contributed by atoms with E-state index in [1.54, 1.807) is 0 Å². The number of nitrogens with one attached hydrogen (secondary N) is 1. The van der Waals surface area contributed by atoms with Gasteiger partial charge < -0.3 is 10.2 Å². The number of anilines is 1. The van der Waals surface area contributed by atoms with Crippen LogP contribution in [0.15, 0.2) is 30.3 Å². The number of hydrogen-bond donors (Lipinski definition) is 1. The fourth-order valence-electron chi connectivity index (χ4n) is 2.34. The second-order valence-electron chi connectivity index (χ2n) is 4.61. The van der Waals surface area contributed by atoms with Crippen LogP contribution < -0.4 is 10.2 Å². The standard InChI is InChI=1S/C16H23N3/c1-4-17-12-14-11-13-9-7-8-10-15(13)16(18-14)19(5-2)6-3/h7-11,17H,4-6,12H2,1-3H3. The molecule has 0 saturated carbocycles. The molecule has 0 aliphatic heterocycles. The van der Waals surface area contributed by atoms with E-state index in [0.29, 0.717) is 0 Å². The van der Waals surface area contributed by atoms with E-state index >= 15 is 0 Å². The zero-order valence-corrected chi connectivity index (χ0v) is 12.1. The van der Waals surface area contributed by atoms with Crippen molar-refractivity contribution >= 4 is 16.6 Å². The fourth-order valence-corrected chi connectivity index (χ4v) is 2.34. The normalized spacial score (nSPS) is 10.9. The van der Waals surface area contributed by atoms with Crippen molar-refractivity contribution < 1.29 is 0 Å². The average molecular weight is 257 g/mol. The number of nitrogens with zero attached hydrogens (tertiary/aromatic N) is 2. The highest BCUT2D eigenvalue weighted by Gasteiger charge is 2.10. The maximum atomic E-state index is 4.84. The first-order chi connectivity index (χ1) is 9.30. The number of rotatable bonds is 6. The molecule has 0 amide bonds. The van der Waals surface area contributed by atoms with Crippen molar-refractivity contribution in [2.75, 3.05) is 24.5 Å². The quantitative estimate of drug-likeness (QED) is 0.861. The van der Waals surface area contributed by atoms with Crippen LogP contribution in [0.2, 0.25) is 0 Å². The van der Waals surface area contributed by atoms with E-state index in [4.69, 9.17) is 4.98 Å². The van der Waals surface area contributed by atoms with Gasteiger partial charge in [-0.15, -0.1) is 0 Å². The molecule has 1 N–H and O–H groups in total. The van der Waals surface area contributed by atoms with E-state index in [2.05, 4.69) is 61.3 Å². The van der Waals surface area contributed by atoms with Gasteiger partial charge in [0.15, 0.2) is 0 Å². The molecule has 0 saturated heterocycles. The van der Waals surface area contributed by atoms with Gasteiger partial charge >= 0.3 is 0 Å². The van der Waals surface area contributed by atoms with Crippen molar-refractivity contribution in [1.82, 2.24) is 10.3 Å². The minimum Gasteiger partial charge on any atom is -0.357 e. The minimum atomic E-state index is 0.829. The molecule has 102 valence electrons. The number of fused-ring (bicyclic) bond motifs is 1. The lowest BCUT2D eigenvalue weighted by Crippen LogP contribution is -2.24. The molecule has 0 unspecified atom stereocenters. The van der Waals surface area contributed by atoms with E-state index in [1.807, 2.05) is 0 Å². The summed E-state index contributed by atoms with van der Waals surface area (Å²) in [5.41, 5.74) is 1.11. The second-order valence-corrected chi connectivity index (χ2v) is 4.61. The molecule has 0 fully saturated rings. The molecule has 19 heavy (non-hydrogen) atoms. The summed E-state index contributed by atoms with van der Waals surface area (Å²) in [5, 5.41) is 5.86. The first kappa shape index (κ1) is 13.8. The Bertz CT molecular complexity index is 533. The molecular weight excluding hydrogens is 234 g/mol. The molecule has 3 nitrogen and oxygen atoms in total. The molecule has 0 aliphatic carbocycles. The van der Waals surface area contributed by atoms with Gasteiger partial charge in [0.2, 0.25) is 0 Å². The molecule has 2 aromatic rings. The molecule has 2 rings (SSSR count). The van der Waals surface area contributed by atoms with Crippen molar-refractivity contribution in [2.45, 2.75) is 27.3 Å². The van der Waals surface area contributed by atoms with E-state index in [9.17, 15) is 0 Å². The molecule has 3 heteroatoms. The van der Waals surface area contributed by atoms with Crippen LogP contribution in [-0.4, -0.2) is 24.6 Å². The molecular formula is C16H23N3. The molecule has 0 aliphatic rings. The van der Waals surface area contributed by atoms with Gasteiger partial charge in [-0.25, -0.2) is 4.98 Å². The summed E-state index contributed by atoms with van der Waals surface area (Å²) in [6.07, 6.45) is 0. The third-order valence-corrected chi connectivity index (χ3v) is 3.39. The Hall–Kier alpha value is -1.61. The largest absolute Gasteiger partial charge is 0.357 e. The lowest BCUT2D eigenvalue weighted by molar-refractivity contribution is 0.709. The third kappa shape index (κ3) is 3.04. The summed E-state index contributed by atoms with van der Waals surface area (Å²) in [6.45, 7) is 10.2. The zero-order chi connectivity index (χ0) is 13.7. The highest BCUT2D eigenvalue weighted by molar-refractivity contribution is 5.92. The summed E-state index contributed by atoms with van der Waals surface area (Å²) in [5.74, 6) is 1.11. The van der Waals surface area contributed by atoms with Gasteiger partial charge in [-0.3, -0.25) is 0 Å². The zero-order valence-electron chi connectivity index (χ0n) is 12.1. The number of aromatic nitrogens is 1. The van der Waals surface area contributed by atoms with E-state index in [0.717, 1.165) is 37.7 Å². The Balaban J connectivity index is 2.51. The summed E-state index contributed by atoms with van der Waals surface area (Å²) in [4.78, 5) is 7.16. The third-order valence-electron chi connectivity index (χ3n) is 3.39. The second kappa shape index (κ2) is 6.53. The first-order valence-corrected chi connectivity index (χ1v) is 7.14. The number of hydrogen-bond acceptors (Lipinski definition) is 3. The van der Waals surface area contributed by atoms with Crippen LogP contribution in [0.3, 0.4) is 0 Å². The molecule has 0 radical (unpaired) electrons. The van der Waals surface area contributed by atoms with E-state index < -0.39 is 0 Å². The Labute approximate surface area is 115 Å². The van der Waals surface area contributed by atoms with Gasteiger partial charge in [-0.1, -0.05) is 31.2 Å². The monoisotopic (exact) mass is 257 g/mol. The van der Waals surface area contributed by atoms with E-state index in [-0.39, 0.29) is 0 Å². The van der Waals surface area contributed by atoms with Crippen LogP contribution in [0.5, 0.6) is 0 Å². The molecule has 0 bridgehead atoms. The van der Waals surface area contributed by atoms with Crippen molar-refractivity contribution in [3.05, 3.63) is 36.0 Å². The van der Waals surface area contributed by atoms with Crippen molar-refractivity contribution in [1.29, 1.82) is 0 Å². The predicted molar refractivity (Wildman–Crippen MR) is 82.7 cm³/mol. The van der Waals surface area contributed by atoms with Crippen LogP contribution in [0.4, 0.5) is 5.82 Å². The molecule has 0 spiro atoms. The topological polar surface area (TPSA) is 28.2 Å². The van der Waals surface area contributed by atoms with Gasteiger partial charge in [-0.2, -0.15) is 0 Å². The van der Waals surface area contributed by atoms with Gasteiger partial charge in [0.05, 0.1) is 5.69 Å². The van der Waals surface area contributed by atoms with Gasteiger partial charge in [0.25, 0.3) is 0 Å². The summed E-state index contributed by atoms with van der Waals surface area (Å²) in [7, 11) is 0. The minimum absolute atomic E-state index is 0.829. The summed E-state index contributed by atoms with van der Waals surface area (Å²) < 4.78 is 0. The Morgan fingerprint density at radius 2 is 1.84 bits per heavy atom. The van der Waals surface area contributed by atoms with Gasteiger partial charge in [0.1, 0.15) is 5.82 Å². The van der Waals surface area contributed by atoms with Crippen LogP contribution in [0, 0.1) is 0 Å². The van der Waals surface area contributed by atoms with Gasteiger partial charge in [0, 0.05) is 25.0 Å². The summed E-state index contributed by atoms with van der Waals surface area (Å²) >= 11 is 0. The molecule has 0 atom stereocenters. The smallest absolute Gasteiger partial charge is 0.136 e. The molecule has 1 aromatic heterocycles. The predicted octanol–water partition coefficient (Wildman–Crippen LogP) is 3.19. The lowest BCUT2D eigenvalue weighted by Gasteiger charge is -2.22. The van der Waals surface area contributed by atoms with E-state index in [1.165, 1.54) is 10.8 Å². The Morgan fingerprint density at radius 1 is 1.11 bits per heavy atom. The van der Waals surface area contributed by atoms with Crippen molar-refractivity contribution in [2.24, 2.45) is 0 Å². The lowest BCUT2D eigenvalue weighted by atomic mass is 10.1. The van der Waals surface area contributed by atoms with Crippen LogP contribution in [0.25, 0.3) is 10.8 Å². The van der Waals surface area contributed by atoms with Crippen LogP contribution in [0.1, 0.15) is 26.5 Å². The summed E-state index contributed by atoms with van der Waals surface area (Å²) in [6, 6.07) is 10.7.